The fraction of sp³-hybridized carbons (Fsp3) is 0.0400. The zero-order chi connectivity index (χ0) is 28.3. The Morgan fingerprint density at radius 3 is 2.38 bits per heavy atom. The van der Waals surface area contributed by atoms with Gasteiger partial charge in [-0.2, -0.15) is 0 Å². The van der Waals surface area contributed by atoms with Gasteiger partial charge in [-0.15, -0.1) is 0 Å². The van der Waals surface area contributed by atoms with E-state index in [-0.39, 0.29) is 22.7 Å². The SMILES string of the molecule is O=C(COc1c(Br)cc(Br)cc1/C=C1/C(=O)NC(=O)N(c2ccc([N+](=O)[O-])cc2)C1=O)Nc1ccc(Cl)cc1. The molecule has 5 amide bonds. The Morgan fingerprint density at radius 1 is 1.08 bits per heavy atom. The van der Waals surface area contributed by atoms with Crippen LogP contribution in [0.5, 0.6) is 5.75 Å². The lowest BCUT2D eigenvalue weighted by Crippen LogP contribution is -2.54. The van der Waals surface area contributed by atoms with E-state index in [0.29, 0.717) is 24.6 Å². The van der Waals surface area contributed by atoms with Crippen LogP contribution in [0.25, 0.3) is 6.08 Å². The number of hydrogen-bond acceptors (Lipinski definition) is 7. The van der Waals surface area contributed by atoms with Crippen molar-refractivity contribution >= 4 is 90.4 Å². The van der Waals surface area contributed by atoms with Crippen LogP contribution in [0.4, 0.5) is 21.9 Å². The topological polar surface area (TPSA) is 148 Å². The second-order valence-corrected chi connectivity index (χ2v) is 10.1. The minimum Gasteiger partial charge on any atom is -0.482 e. The fourth-order valence-corrected chi connectivity index (χ4v) is 4.98. The molecule has 0 unspecified atom stereocenters. The van der Waals surface area contributed by atoms with Crippen molar-refractivity contribution in [3.8, 4) is 5.75 Å². The molecule has 4 rings (SSSR count). The van der Waals surface area contributed by atoms with E-state index in [9.17, 15) is 29.3 Å². The Bertz CT molecular complexity index is 1540. The van der Waals surface area contributed by atoms with Gasteiger partial charge in [-0.05, 0) is 70.5 Å². The molecule has 1 aliphatic heterocycles. The van der Waals surface area contributed by atoms with Crippen molar-refractivity contribution in [1.29, 1.82) is 0 Å². The van der Waals surface area contributed by atoms with Crippen molar-refractivity contribution in [3.05, 3.63) is 95.9 Å². The summed E-state index contributed by atoms with van der Waals surface area (Å²) in [6, 6.07) is 13.3. The van der Waals surface area contributed by atoms with Gasteiger partial charge in [0.25, 0.3) is 23.4 Å². The highest BCUT2D eigenvalue weighted by molar-refractivity contribution is 9.11. The molecule has 2 N–H and O–H groups in total. The van der Waals surface area contributed by atoms with Crippen molar-refractivity contribution in [3.63, 3.8) is 0 Å². The molecule has 1 fully saturated rings. The molecule has 198 valence electrons. The minimum absolute atomic E-state index is 0.0206. The molecule has 1 heterocycles. The summed E-state index contributed by atoms with van der Waals surface area (Å²) in [5, 5.41) is 16.2. The van der Waals surface area contributed by atoms with Gasteiger partial charge < -0.3 is 10.1 Å². The number of nitro groups is 1. The third kappa shape index (κ3) is 6.50. The highest BCUT2D eigenvalue weighted by Gasteiger charge is 2.37. The first kappa shape index (κ1) is 28.0. The maximum atomic E-state index is 13.2. The van der Waals surface area contributed by atoms with Gasteiger partial charge >= 0.3 is 6.03 Å². The van der Waals surface area contributed by atoms with Crippen LogP contribution in [-0.4, -0.2) is 35.3 Å². The van der Waals surface area contributed by atoms with Crippen LogP contribution in [0.15, 0.2) is 75.2 Å². The van der Waals surface area contributed by atoms with E-state index < -0.39 is 40.9 Å². The number of barbiturate groups is 1. The number of carbonyl (C=O) groups is 4. The Hall–Kier alpha value is -4.07. The predicted molar refractivity (Wildman–Crippen MR) is 150 cm³/mol. The summed E-state index contributed by atoms with van der Waals surface area (Å²) in [5.41, 5.74) is 0.120. The Labute approximate surface area is 242 Å². The van der Waals surface area contributed by atoms with Gasteiger partial charge in [0.1, 0.15) is 11.3 Å². The number of rotatable bonds is 7. The average molecular weight is 679 g/mol. The van der Waals surface area contributed by atoms with Crippen LogP contribution < -0.4 is 20.3 Å². The molecule has 1 aliphatic rings. The Balaban J connectivity index is 1.61. The van der Waals surface area contributed by atoms with Crippen molar-refractivity contribution in [2.75, 3.05) is 16.8 Å². The molecular weight excluding hydrogens is 664 g/mol. The summed E-state index contributed by atoms with van der Waals surface area (Å²) in [4.78, 5) is 61.8. The number of anilines is 2. The van der Waals surface area contributed by atoms with Gasteiger partial charge in [-0.25, -0.2) is 9.69 Å². The zero-order valence-corrected chi connectivity index (χ0v) is 23.4. The molecule has 1 saturated heterocycles. The molecule has 0 aliphatic carbocycles. The first-order valence-electron chi connectivity index (χ1n) is 10.9. The van der Waals surface area contributed by atoms with Crippen molar-refractivity contribution in [2.45, 2.75) is 0 Å². The minimum atomic E-state index is -1.01. The molecule has 3 aromatic rings. The number of amides is 5. The quantitative estimate of drug-likeness (QED) is 0.146. The van der Waals surface area contributed by atoms with Crippen LogP contribution in [0.2, 0.25) is 5.02 Å². The van der Waals surface area contributed by atoms with Crippen molar-refractivity contribution in [2.24, 2.45) is 0 Å². The van der Waals surface area contributed by atoms with Crippen LogP contribution in [0, 0.1) is 10.1 Å². The second-order valence-electron chi connectivity index (χ2n) is 7.88. The number of ether oxygens (including phenoxy) is 1. The summed E-state index contributed by atoms with van der Waals surface area (Å²) >= 11 is 12.6. The largest absolute Gasteiger partial charge is 0.482 e. The zero-order valence-electron chi connectivity index (χ0n) is 19.4. The number of urea groups is 1. The fourth-order valence-electron chi connectivity index (χ4n) is 3.48. The number of halogens is 3. The third-order valence-electron chi connectivity index (χ3n) is 5.23. The van der Waals surface area contributed by atoms with Gasteiger partial charge in [-0.1, -0.05) is 27.5 Å². The smallest absolute Gasteiger partial charge is 0.335 e. The molecule has 0 atom stereocenters. The maximum absolute atomic E-state index is 13.2. The molecule has 0 aromatic heterocycles. The number of nitrogens with one attached hydrogen (secondary N) is 2. The van der Waals surface area contributed by atoms with E-state index in [1.54, 1.807) is 36.4 Å². The van der Waals surface area contributed by atoms with Gasteiger partial charge in [0, 0.05) is 32.9 Å². The highest BCUT2D eigenvalue weighted by Crippen LogP contribution is 2.35. The molecule has 39 heavy (non-hydrogen) atoms. The van der Waals surface area contributed by atoms with Gasteiger partial charge in [0.2, 0.25) is 0 Å². The molecule has 0 radical (unpaired) electrons. The molecule has 0 saturated carbocycles. The monoisotopic (exact) mass is 676 g/mol. The number of nitrogens with zero attached hydrogens (tertiary/aromatic N) is 2. The number of carbonyl (C=O) groups excluding carboxylic acids is 4. The van der Waals surface area contributed by atoms with Crippen LogP contribution in [-0.2, 0) is 14.4 Å². The van der Waals surface area contributed by atoms with Crippen molar-refractivity contribution < 1.29 is 28.8 Å². The summed E-state index contributed by atoms with van der Waals surface area (Å²) < 4.78 is 6.70. The molecule has 11 nitrogen and oxygen atoms in total. The average Bonchev–Trinajstić information content (AvgIpc) is 2.87. The van der Waals surface area contributed by atoms with E-state index in [2.05, 4.69) is 42.5 Å². The lowest BCUT2D eigenvalue weighted by atomic mass is 10.1. The summed E-state index contributed by atoms with van der Waals surface area (Å²) in [6.07, 6.45) is 1.21. The third-order valence-corrected chi connectivity index (χ3v) is 6.53. The first-order valence-corrected chi connectivity index (χ1v) is 12.8. The van der Waals surface area contributed by atoms with Crippen LogP contribution >= 0.6 is 43.5 Å². The lowest BCUT2D eigenvalue weighted by molar-refractivity contribution is -0.384. The predicted octanol–water partition coefficient (Wildman–Crippen LogP) is 5.46. The van der Waals surface area contributed by atoms with Gasteiger partial charge in [-0.3, -0.25) is 29.8 Å². The van der Waals surface area contributed by atoms with E-state index in [1.807, 2.05) is 0 Å². The number of nitro benzene ring substituents is 1. The summed E-state index contributed by atoms with van der Waals surface area (Å²) in [7, 11) is 0. The van der Waals surface area contributed by atoms with Crippen LogP contribution in [0.1, 0.15) is 5.56 Å². The highest BCUT2D eigenvalue weighted by atomic mass is 79.9. The normalized spacial score (nSPS) is 14.3. The standard InChI is InChI=1S/C25H15Br2ClN4O7/c26-14-9-13(22(20(27)11-14)39-12-21(33)29-16-3-1-15(28)2-4-16)10-19-23(34)30-25(36)31(24(19)35)17-5-7-18(8-6-17)32(37)38/h1-11H,12H2,(H,29,33)(H,30,34,36)/b19-10-. The molecule has 0 spiro atoms. The lowest BCUT2D eigenvalue weighted by Gasteiger charge is -2.26. The first-order chi connectivity index (χ1) is 18.5. The summed E-state index contributed by atoms with van der Waals surface area (Å²) in [5.74, 6) is -2.24. The van der Waals surface area contributed by atoms with E-state index in [0.717, 1.165) is 12.1 Å². The van der Waals surface area contributed by atoms with Crippen LogP contribution in [0.3, 0.4) is 0 Å². The second kappa shape index (κ2) is 11.8. The molecule has 14 heteroatoms. The Morgan fingerprint density at radius 2 is 1.74 bits per heavy atom. The Kier molecular flexibility index (Phi) is 8.43. The van der Waals surface area contributed by atoms with Crippen molar-refractivity contribution in [1.82, 2.24) is 5.32 Å². The molecule has 0 bridgehead atoms. The van der Waals surface area contributed by atoms with E-state index in [1.165, 1.54) is 18.2 Å². The molecular formula is C25H15Br2ClN4O7. The number of hydrogen-bond donors (Lipinski definition) is 2. The molecule has 3 aromatic carbocycles. The van der Waals surface area contributed by atoms with E-state index >= 15 is 0 Å². The number of imide groups is 2. The van der Waals surface area contributed by atoms with Gasteiger partial charge in [0.15, 0.2) is 6.61 Å². The number of non-ortho nitro benzene ring substituents is 1. The van der Waals surface area contributed by atoms with E-state index in [4.69, 9.17) is 16.3 Å². The van der Waals surface area contributed by atoms with Gasteiger partial charge in [0.05, 0.1) is 15.1 Å². The maximum Gasteiger partial charge on any atom is 0.335 e. The number of benzene rings is 3. The summed E-state index contributed by atoms with van der Waals surface area (Å²) in [6.45, 7) is -0.410.